The van der Waals surface area contributed by atoms with Crippen LogP contribution >= 0.6 is 0 Å². The Morgan fingerprint density at radius 2 is 2.10 bits per heavy atom. The van der Waals surface area contributed by atoms with Gasteiger partial charge in [-0.1, -0.05) is 31.5 Å². The first-order valence-corrected chi connectivity index (χ1v) is 7.22. The lowest BCUT2D eigenvalue weighted by molar-refractivity contribution is 0.878. The van der Waals surface area contributed by atoms with E-state index < -0.39 is 0 Å². The van der Waals surface area contributed by atoms with Gasteiger partial charge in [-0.25, -0.2) is 9.97 Å². The molecule has 0 spiro atoms. The van der Waals surface area contributed by atoms with E-state index in [0.717, 1.165) is 37.4 Å². The van der Waals surface area contributed by atoms with Crippen LogP contribution in [0.5, 0.6) is 0 Å². The number of aromatic nitrogens is 2. The predicted octanol–water partition coefficient (Wildman–Crippen LogP) is 3.17. The normalized spacial score (nSPS) is 13.4. The van der Waals surface area contributed by atoms with Gasteiger partial charge in [0.25, 0.3) is 0 Å². The Morgan fingerprint density at radius 3 is 2.90 bits per heavy atom. The molecule has 0 saturated heterocycles. The lowest BCUT2D eigenvalue weighted by Gasteiger charge is -2.22. The molecule has 1 aliphatic heterocycles. The first-order valence-electron chi connectivity index (χ1n) is 7.22. The first kappa shape index (κ1) is 12.9. The highest BCUT2D eigenvalue weighted by atomic mass is 15.2. The molecule has 0 bridgehead atoms. The highest BCUT2D eigenvalue weighted by Gasteiger charge is 2.24. The summed E-state index contributed by atoms with van der Waals surface area (Å²) in [5.41, 5.74) is 3.90. The molecule has 2 aromatic rings. The Kier molecular flexibility index (Phi) is 3.54. The van der Waals surface area contributed by atoms with Crippen molar-refractivity contribution in [1.29, 1.82) is 0 Å². The van der Waals surface area contributed by atoms with Crippen molar-refractivity contribution in [1.82, 2.24) is 9.97 Å². The number of hydrogen-bond donors (Lipinski definition) is 1. The summed E-state index contributed by atoms with van der Waals surface area (Å²) in [5.74, 6) is 2.00. The monoisotopic (exact) mass is 268 g/mol. The van der Waals surface area contributed by atoms with E-state index in [1.807, 2.05) is 7.05 Å². The van der Waals surface area contributed by atoms with Gasteiger partial charge in [-0.3, -0.25) is 0 Å². The van der Waals surface area contributed by atoms with Crippen molar-refractivity contribution in [3.05, 3.63) is 41.7 Å². The van der Waals surface area contributed by atoms with Crippen molar-refractivity contribution >= 4 is 17.3 Å². The van der Waals surface area contributed by atoms with Gasteiger partial charge in [0.1, 0.15) is 18.0 Å². The van der Waals surface area contributed by atoms with Crippen LogP contribution in [0.3, 0.4) is 0 Å². The summed E-state index contributed by atoms with van der Waals surface area (Å²) in [6.45, 7) is 3.18. The predicted molar refractivity (Wildman–Crippen MR) is 82.7 cm³/mol. The summed E-state index contributed by atoms with van der Waals surface area (Å²) >= 11 is 0. The van der Waals surface area contributed by atoms with Gasteiger partial charge in [-0.05, 0) is 24.5 Å². The quantitative estimate of drug-likeness (QED) is 0.924. The van der Waals surface area contributed by atoms with Crippen molar-refractivity contribution in [3.63, 3.8) is 0 Å². The second kappa shape index (κ2) is 5.49. The maximum Gasteiger partial charge on any atom is 0.141 e. The van der Waals surface area contributed by atoms with Crippen LogP contribution in [0.25, 0.3) is 0 Å². The first-order chi connectivity index (χ1) is 9.85. The number of para-hydroxylation sites is 1. The number of nitrogens with one attached hydrogen (secondary N) is 1. The van der Waals surface area contributed by atoms with Crippen LogP contribution in [0.2, 0.25) is 0 Å². The standard InChI is InChI=1S/C16H20N4/c1-3-6-13-15(17-2)18-11-19-16(13)20-10-9-12-7-4-5-8-14(12)20/h4-5,7-8,11H,3,6,9-10H2,1-2H3,(H,17,18,19). The van der Waals surface area contributed by atoms with E-state index in [4.69, 9.17) is 0 Å². The van der Waals surface area contributed by atoms with Crippen molar-refractivity contribution in [2.75, 3.05) is 23.8 Å². The average molecular weight is 268 g/mol. The summed E-state index contributed by atoms with van der Waals surface area (Å²) < 4.78 is 0. The van der Waals surface area contributed by atoms with Gasteiger partial charge in [-0.15, -0.1) is 0 Å². The fourth-order valence-corrected chi connectivity index (χ4v) is 2.89. The van der Waals surface area contributed by atoms with E-state index >= 15 is 0 Å². The van der Waals surface area contributed by atoms with Crippen LogP contribution in [0.4, 0.5) is 17.3 Å². The minimum absolute atomic E-state index is 0.946. The zero-order chi connectivity index (χ0) is 13.9. The molecular formula is C16H20N4. The SMILES string of the molecule is CCCc1c(NC)ncnc1N1CCc2ccccc21. The fourth-order valence-electron chi connectivity index (χ4n) is 2.89. The molecule has 0 amide bonds. The van der Waals surface area contributed by atoms with Crippen molar-refractivity contribution < 1.29 is 0 Å². The summed E-state index contributed by atoms with van der Waals surface area (Å²) in [4.78, 5) is 11.2. The molecule has 3 rings (SSSR count). The molecule has 4 heteroatoms. The molecule has 4 nitrogen and oxygen atoms in total. The summed E-state index contributed by atoms with van der Waals surface area (Å²) in [7, 11) is 1.92. The zero-order valence-electron chi connectivity index (χ0n) is 12.1. The Morgan fingerprint density at radius 1 is 1.25 bits per heavy atom. The second-order valence-electron chi connectivity index (χ2n) is 5.05. The molecule has 2 heterocycles. The summed E-state index contributed by atoms with van der Waals surface area (Å²) in [6.07, 6.45) is 4.82. The van der Waals surface area contributed by atoms with Crippen LogP contribution in [-0.4, -0.2) is 23.6 Å². The lowest BCUT2D eigenvalue weighted by Crippen LogP contribution is -2.18. The Balaban J connectivity index is 2.07. The van der Waals surface area contributed by atoms with Gasteiger partial charge in [-0.2, -0.15) is 0 Å². The Bertz CT molecular complexity index is 609. The number of nitrogens with zero attached hydrogens (tertiary/aromatic N) is 3. The van der Waals surface area contributed by atoms with E-state index in [-0.39, 0.29) is 0 Å². The van der Waals surface area contributed by atoms with Crippen molar-refractivity contribution in [2.24, 2.45) is 0 Å². The molecular weight excluding hydrogens is 248 g/mol. The van der Waals surface area contributed by atoms with Crippen molar-refractivity contribution in [3.8, 4) is 0 Å². The highest BCUT2D eigenvalue weighted by Crippen LogP contribution is 2.36. The van der Waals surface area contributed by atoms with Crippen LogP contribution in [0.1, 0.15) is 24.5 Å². The second-order valence-corrected chi connectivity index (χ2v) is 5.05. The molecule has 0 saturated carbocycles. The maximum absolute atomic E-state index is 4.56. The Labute approximate surface area is 119 Å². The van der Waals surface area contributed by atoms with E-state index in [1.165, 1.54) is 16.8 Å². The number of anilines is 3. The third-order valence-electron chi connectivity index (χ3n) is 3.80. The Hall–Kier alpha value is -2.10. The molecule has 104 valence electrons. The molecule has 20 heavy (non-hydrogen) atoms. The molecule has 1 aromatic carbocycles. The van der Waals surface area contributed by atoms with Gasteiger partial charge in [0, 0.05) is 24.8 Å². The smallest absolute Gasteiger partial charge is 0.141 e. The number of hydrogen-bond acceptors (Lipinski definition) is 4. The maximum atomic E-state index is 4.56. The largest absolute Gasteiger partial charge is 0.373 e. The third kappa shape index (κ3) is 2.11. The average Bonchev–Trinajstić information content (AvgIpc) is 2.92. The van der Waals surface area contributed by atoms with Crippen molar-refractivity contribution in [2.45, 2.75) is 26.2 Å². The van der Waals surface area contributed by atoms with E-state index in [2.05, 4.69) is 51.4 Å². The van der Waals surface area contributed by atoms with Gasteiger partial charge in [0.15, 0.2) is 0 Å². The minimum Gasteiger partial charge on any atom is -0.373 e. The topological polar surface area (TPSA) is 41.1 Å². The molecule has 0 aliphatic carbocycles. The van der Waals surface area contributed by atoms with Crippen LogP contribution in [0.15, 0.2) is 30.6 Å². The highest BCUT2D eigenvalue weighted by molar-refractivity contribution is 5.72. The summed E-state index contributed by atoms with van der Waals surface area (Å²) in [5, 5.41) is 3.19. The van der Waals surface area contributed by atoms with Gasteiger partial charge in [0.2, 0.25) is 0 Å². The van der Waals surface area contributed by atoms with Gasteiger partial charge < -0.3 is 10.2 Å². The van der Waals surface area contributed by atoms with Crippen LogP contribution in [0, 0.1) is 0 Å². The van der Waals surface area contributed by atoms with E-state index in [0.29, 0.717) is 0 Å². The molecule has 0 unspecified atom stereocenters. The van der Waals surface area contributed by atoms with Crippen LogP contribution < -0.4 is 10.2 Å². The molecule has 0 radical (unpaired) electrons. The minimum atomic E-state index is 0.946. The fraction of sp³-hybridized carbons (Fsp3) is 0.375. The zero-order valence-corrected chi connectivity index (χ0v) is 12.1. The number of fused-ring (bicyclic) bond motifs is 1. The number of rotatable bonds is 4. The molecule has 0 fully saturated rings. The molecule has 0 atom stereocenters. The van der Waals surface area contributed by atoms with Gasteiger partial charge >= 0.3 is 0 Å². The van der Waals surface area contributed by atoms with Gasteiger partial charge in [0.05, 0.1) is 0 Å². The van der Waals surface area contributed by atoms with Crippen LogP contribution in [-0.2, 0) is 12.8 Å². The lowest BCUT2D eigenvalue weighted by atomic mass is 10.1. The molecule has 1 N–H and O–H groups in total. The van der Waals surface area contributed by atoms with E-state index in [9.17, 15) is 0 Å². The van der Waals surface area contributed by atoms with E-state index in [1.54, 1.807) is 6.33 Å². The summed E-state index contributed by atoms with van der Waals surface area (Å²) in [6, 6.07) is 8.58. The third-order valence-corrected chi connectivity index (χ3v) is 3.80. The molecule has 1 aliphatic rings. The molecule has 1 aromatic heterocycles. The number of benzene rings is 1.